The molecule has 0 amide bonds. The molecular weight excluding hydrogens is 380 g/mol. The number of benzene rings is 2. The van der Waals surface area contributed by atoms with Gasteiger partial charge in [-0.25, -0.2) is 0 Å². The molecule has 0 saturated carbocycles. The van der Waals surface area contributed by atoms with Crippen LogP contribution in [0.1, 0.15) is 23.5 Å². The van der Waals surface area contributed by atoms with E-state index in [0.29, 0.717) is 41.1 Å². The molecule has 2 atom stereocenters. The van der Waals surface area contributed by atoms with E-state index in [9.17, 15) is 0 Å². The molecule has 0 bridgehead atoms. The molecule has 1 aliphatic heterocycles. The average molecular weight is 406 g/mol. The quantitative estimate of drug-likeness (QED) is 0.659. The largest absolute Gasteiger partial charge is 0.493 e. The van der Waals surface area contributed by atoms with Gasteiger partial charge in [0.25, 0.3) is 0 Å². The molecule has 0 aliphatic carbocycles. The van der Waals surface area contributed by atoms with Crippen LogP contribution in [0.15, 0.2) is 24.3 Å². The van der Waals surface area contributed by atoms with Gasteiger partial charge in [0, 0.05) is 5.56 Å². The molecule has 8 nitrogen and oxygen atoms in total. The molecule has 0 aromatic heterocycles. The highest BCUT2D eigenvalue weighted by Gasteiger charge is 2.31. The lowest BCUT2D eigenvalue weighted by Crippen LogP contribution is -2.04. The van der Waals surface area contributed by atoms with Crippen molar-refractivity contribution >= 4 is 0 Å². The minimum absolute atomic E-state index is 0.312. The van der Waals surface area contributed by atoms with Crippen LogP contribution < -0.4 is 28.4 Å². The summed E-state index contributed by atoms with van der Waals surface area (Å²) >= 11 is 0. The van der Waals surface area contributed by atoms with Gasteiger partial charge in [-0.2, -0.15) is 0 Å². The van der Waals surface area contributed by atoms with Crippen molar-refractivity contribution in [3.63, 3.8) is 0 Å². The molecule has 1 saturated heterocycles. The fraction of sp³-hybridized carbons (Fsp3) is 0.429. The minimum Gasteiger partial charge on any atom is -0.493 e. The Bertz CT molecular complexity index is 731. The first-order chi connectivity index (χ1) is 14.1. The van der Waals surface area contributed by atoms with Gasteiger partial charge in [0.15, 0.2) is 29.3 Å². The van der Waals surface area contributed by atoms with Crippen LogP contribution in [-0.4, -0.2) is 49.3 Å². The average Bonchev–Trinajstić information content (AvgIpc) is 3.27. The Labute approximate surface area is 170 Å². The molecule has 2 unspecified atom stereocenters. The maximum absolute atomic E-state index is 6.15. The lowest BCUT2D eigenvalue weighted by Gasteiger charge is -2.18. The van der Waals surface area contributed by atoms with Crippen LogP contribution in [0, 0.1) is 0 Å². The molecule has 3 rings (SSSR count). The highest BCUT2D eigenvalue weighted by Crippen LogP contribution is 2.45. The zero-order valence-corrected chi connectivity index (χ0v) is 17.4. The van der Waals surface area contributed by atoms with Crippen molar-refractivity contribution in [1.82, 2.24) is 0 Å². The van der Waals surface area contributed by atoms with E-state index >= 15 is 0 Å². The first kappa shape index (κ1) is 20.9. The van der Waals surface area contributed by atoms with Crippen LogP contribution in [0.25, 0.3) is 0 Å². The normalized spacial score (nSPS) is 18.3. The first-order valence-corrected chi connectivity index (χ1v) is 8.97. The van der Waals surface area contributed by atoms with Gasteiger partial charge in [0.1, 0.15) is 6.10 Å². The Hall–Kier alpha value is -2.84. The van der Waals surface area contributed by atoms with E-state index in [0.717, 1.165) is 11.1 Å². The Balaban J connectivity index is 1.89. The lowest BCUT2D eigenvalue weighted by atomic mass is 10.1. The molecule has 0 spiro atoms. The summed E-state index contributed by atoms with van der Waals surface area (Å²) < 4.78 is 44.5. The smallest absolute Gasteiger partial charge is 0.203 e. The van der Waals surface area contributed by atoms with Crippen molar-refractivity contribution < 1.29 is 37.9 Å². The zero-order valence-electron chi connectivity index (χ0n) is 17.4. The molecule has 158 valence electrons. The zero-order chi connectivity index (χ0) is 21.0. The molecule has 2 aromatic carbocycles. The minimum atomic E-state index is -0.590. The summed E-state index contributed by atoms with van der Waals surface area (Å²) in [7, 11) is 9.41. The van der Waals surface area contributed by atoms with Crippen molar-refractivity contribution in [2.24, 2.45) is 0 Å². The van der Waals surface area contributed by atoms with Gasteiger partial charge in [-0.05, 0) is 29.8 Å². The first-order valence-electron chi connectivity index (χ1n) is 8.97. The maximum Gasteiger partial charge on any atom is 0.203 e. The molecule has 0 N–H and O–H groups in total. The molecule has 1 heterocycles. The van der Waals surface area contributed by atoms with Crippen LogP contribution in [-0.2, 0) is 9.47 Å². The van der Waals surface area contributed by atoms with Crippen LogP contribution in [0.3, 0.4) is 0 Å². The molecular formula is C21H26O8. The monoisotopic (exact) mass is 406 g/mol. The van der Waals surface area contributed by atoms with E-state index < -0.39 is 6.29 Å². The van der Waals surface area contributed by atoms with Gasteiger partial charge in [0.05, 0.1) is 49.3 Å². The van der Waals surface area contributed by atoms with Crippen molar-refractivity contribution in [3.8, 4) is 34.5 Å². The Morgan fingerprint density at radius 2 is 1.03 bits per heavy atom. The van der Waals surface area contributed by atoms with Gasteiger partial charge in [-0.3, -0.25) is 0 Å². The molecule has 29 heavy (non-hydrogen) atoms. The van der Waals surface area contributed by atoms with Gasteiger partial charge in [-0.1, -0.05) is 0 Å². The highest BCUT2D eigenvalue weighted by atomic mass is 16.7. The van der Waals surface area contributed by atoms with E-state index in [1.54, 1.807) is 42.7 Å². The molecule has 1 aliphatic rings. The van der Waals surface area contributed by atoms with E-state index in [1.165, 1.54) is 0 Å². The van der Waals surface area contributed by atoms with Crippen molar-refractivity contribution in [1.29, 1.82) is 0 Å². The van der Waals surface area contributed by atoms with Gasteiger partial charge < -0.3 is 37.9 Å². The summed E-state index contributed by atoms with van der Waals surface area (Å²) in [6, 6.07) is 7.33. The Morgan fingerprint density at radius 1 is 0.621 bits per heavy atom. The number of hydrogen-bond donors (Lipinski definition) is 0. The van der Waals surface area contributed by atoms with Crippen molar-refractivity contribution in [3.05, 3.63) is 35.4 Å². The van der Waals surface area contributed by atoms with Crippen LogP contribution >= 0.6 is 0 Å². The van der Waals surface area contributed by atoms with Crippen LogP contribution in [0.2, 0.25) is 0 Å². The van der Waals surface area contributed by atoms with Crippen molar-refractivity contribution in [2.75, 3.05) is 49.3 Å². The fourth-order valence-corrected chi connectivity index (χ4v) is 3.28. The number of methoxy groups -OCH3 is 6. The van der Waals surface area contributed by atoms with Gasteiger partial charge in [-0.15, -0.1) is 0 Å². The maximum atomic E-state index is 6.15. The molecule has 8 heteroatoms. The molecule has 0 radical (unpaired) electrons. The summed E-state index contributed by atoms with van der Waals surface area (Å²) in [6.45, 7) is 0.361. The Kier molecular flexibility index (Phi) is 6.56. The number of rotatable bonds is 8. The summed E-state index contributed by atoms with van der Waals surface area (Å²) in [6.07, 6.45) is -0.902. The van der Waals surface area contributed by atoms with Crippen LogP contribution in [0.5, 0.6) is 34.5 Å². The Morgan fingerprint density at radius 3 is 1.41 bits per heavy atom. The van der Waals surface area contributed by atoms with E-state index in [1.807, 2.05) is 24.3 Å². The summed E-state index contributed by atoms with van der Waals surface area (Å²) in [5.41, 5.74) is 1.61. The second-order valence-electron chi connectivity index (χ2n) is 6.21. The van der Waals surface area contributed by atoms with E-state index in [-0.39, 0.29) is 6.10 Å². The summed E-state index contributed by atoms with van der Waals surface area (Å²) in [5.74, 6) is 3.22. The van der Waals surface area contributed by atoms with Gasteiger partial charge in [0.2, 0.25) is 11.5 Å². The summed E-state index contributed by atoms with van der Waals surface area (Å²) in [4.78, 5) is 0. The number of ether oxygens (including phenoxy) is 8. The van der Waals surface area contributed by atoms with Gasteiger partial charge >= 0.3 is 0 Å². The van der Waals surface area contributed by atoms with Crippen molar-refractivity contribution in [2.45, 2.75) is 12.4 Å². The van der Waals surface area contributed by atoms with E-state index in [4.69, 9.17) is 37.9 Å². The predicted octanol–water partition coefficient (Wildman–Crippen LogP) is 3.52. The predicted molar refractivity (Wildman–Crippen MR) is 105 cm³/mol. The third kappa shape index (κ3) is 3.99. The topological polar surface area (TPSA) is 73.8 Å². The van der Waals surface area contributed by atoms with E-state index in [2.05, 4.69) is 0 Å². The lowest BCUT2D eigenvalue weighted by molar-refractivity contribution is -0.0610. The highest BCUT2D eigenvalue weighted by molar-refractivity contribution is 5.55. The van der Waals surface area contributed by atoms with Crippen LogP contribution in [0.4, 0.5) is 0 Å². The standard InChI is InChI=1S/C21H26O8/c1-22-14-7-12(8-15(23-2)19(14)26-5)18-11-28-21(29-18)13-9-16(24-3)20(27-6)17(10-13)25-4/h7-10,18,21H,11H2,1-6H3. The molecule has 1 fully saturated rings. The summed E-state index contributed by atoms with van der Waals surface area (Å²) in [5, 5.41) is 0. The third-order valence-electron chi connectivity index (χ3n) is 4.70. The fourth-order valence-electron chi connectivity index (χ4n) is 3.28. The SMILES string of the molecule is COc1cc(C2COC(c3cc(OC)c(OC)c(OC)c3)O2)cc(OC)c1OC. The molecule has 2 aromatic rings. The second kappa shape index (κ2) is 9.11. The number of hydrogen-bond acceptors (Lipinski definition) is 8. The third-order valence-corrected chi connectivity index (χ3v) is 4.70. The second-order valence-corrected chi connectivity index (χ2v) is 6.21.